The van der Waals surface area contributed by atoms with Gasteiger partial charge in [-0.05, 0) is 47.7 Å². The number of aromatic amines is 1. The zero-order valence-electron chi connectivity index (χ0n) is 13.3. The van der Waals surface area contributed by atoms with Crippen LogP contribution in [0.5, 0.6) is 0 Å². The van der Waals surface area contributed by atoms with Gasteiger partial charge in [-0.15, -0.1) is 0 Å². The first-order chi connectivity index (χ1) is 12.0. The molecule has 0 radical (unpaired) electrons. The first-order valence-corrected chi connectivity index (χ1v) is 7.94. The number of nitrogens with zero attached hydrogens (tertiary/aromatic N) is 1. The molecule has 0 atom stereocenters. The van der Waals surface area contributed by atoms with Crippen molar-refractivity contribution < 1.29 is 19.1 Å². The molecule has 25 heavy (non-hydrogen) atoms. The van der Waals surface area contributed by atoms with Gasteiger partial charge in [0.2, 0.25) is 0 Å². The van der Waals surface area contributed by atoms with E-state index in [0.717, 1.165) is 17.0 Å². The van der Waals surface area contributed by atoms with Crippen molar-refractivity contribution in [3.05, 3.63) is 70.7 Å². The molecule has 0 spiro atoms. The first-order valence-electron chi connectivity index (χ1n) is 7.94. The highest BCUT2D eigenvalue weighted by Gasteiger charge is 2.27. The summed E-state index contributed by atoms with van der Waals surface area (Å²) in [7, 11) is 0. The Balaban J connectivity index is 1.66. The van der Waals surface area contributed by atoms with Gasteiger partial charge < -0.3 is 15.0 Å². The molecule has 0 fully saturated rings. The number of rotatable bonds is 2. The smallest absolute Gasteiger partial charge is 0.335 e. The Hall–Kier alpha value is -3.15. The highest BCUT2D eigenvalue weighted by atomic mass is 19.1. The van der Waals surface area contributed by atoms with Gasteiger partial charge in [-0.25, -0.2) is 9.18 Å². The number of H-pyrrole nitrogens is 1. The van der Waals surface area contributed by atoms with Crippen LogP contribution in [-0.2, 0) is 13.0 Å². The lowest BCUT2D eigenvalue weighted by Gasteiger charge is -2.30. The van der Waals surface area contributed by atoms with Crippen molar-refractivity contribution in [1.29, 1.82) is 0 Å². The third kappa shape index (κ3) is 2.55. The maximum absolute atomic E-state index is 14.2. The van der Waals surface area contributed by atoms with Crippen molar-refractivity contribution in [3.63, 3.8) is 0 Å². The molecule has 6 heteroatoms. The average Bonchev–Trinajstić information content (AvgIpc) is 3.08. The SMILES string of the molecule is O=C(O)c1ccc(F)c2c1CCN(C(=O)c1ccc3cc[nH]c3c1)C2. The lowest BCUT2D eigenvalue weighted by molar-refractivity contribution is 0.0694. The Kier molecular flexibility index (Phi) is 3.53. The van der Waals surface area contributed by atoms with Crippen molar-refractivity contribution in [2.75, 3.05) is 6.54 Å². The molecule has 0 saturated carbocycles. The summed E-state index contributed by atoms with van der Waals surface area (Å²) in [6.45, 7) is 0.433. The minimum absolute atomic E-state index is 0.0733. The fraction of sp³-hybridized carbons (Fsp3) is 0.158. The van der Waals surface area contributed by atoms with E-state index in [1.807, 2.05) is 12.1 Å². The second kappa shape index (κ2) is 5.73. The third-order valence-corrected chi connectivity index (χ3v) is 4.67. The fourth-order valence-electron chi connectivity index (χ4n) is 3.37. The Bertz CT molecular complexity index is 1010. The summed E-state index contributed by atoms with van der Waals surface area (Å²) in [6, 6.07) is 9.74. The Morgan fingerprint density at radius 1 is 1.12 bits per heavy atom. The van der Waals surface area contributed by atoms with Crippen LogP contribution in [0.2, 0.25) is 0 Å². The van der Waals surface area contributed by atoms with Crippen LogP contribution in [0.1, 0.15) is 31.8 Å². The molecule has 0 aliphatic carbocycles. The molecule has 4 rings (SSSR count). The van der Waals surface area contributed by atoms with Gasteiger partial charge >= 0.3 is 5.97 Å². The number of carboxylic acid groups (broad SMARTS) is 1. The predicted octanol–water partition coefficient (Wildman–Crippen LogP) is 3.20. The molecule has 3 aromatic rings. The molecule has 1 aromatic heterocycles. The predicted molar refractivity (Wildman–Crippen MR) is 90.1 cm³/mol. The monoisotopic (exact) mass is 338 g/mol. The van der Waals surface area contributed by atoms with Crippen LogP contribution in [0.25, 0.3) is 10.9 Å². The lowest BCUT2D eigenvalue weighted by atomic mass is 9.93. The quantitative estimate of drug-likeness (QED) is 0.753. The summed E-state index contributed by atoms with van der Waals surface area (Å²) in [5, 5.41) is 10.3. The number of hydrogen-bond acceptors (Lipinski definition) is 2. The molecule has 126 valence electrons. The van der Waals surface area contributed by atoms with Crippen molar-refractivity contribution in [2.45, 2.75) is 13.0 Å². The summed E-state index contributed by atoms with van der Waals surface area (Å²) in [5.41, 5.74) is 2.27. The van der Waals surface area contributed by atoms with Crippen molar-refractivity contribution in [1.82, 2.24) is 9.88 Å². The lowest BCUT2D eigenvalue weighted by Crippen LogP contribution is -2.37. The molecule has 1 aliphatic heterocycles. The normalized spacial score (nSPS) is 13.7. The second-order valence-corrected chi connectivity index (χ2v) is 6.11. The van der Waals surface area contributed by atoms with E-state index in [4.69, 9.17) is 0 Å². The number of aromatic carboxylic acids is 1. The van der Waals surface area contributed by atoms with E-state index in [-0.39, 0.29) is 18.0 Å². The van der Waals surface area contributed by atoms with Gasteiger partial charge in [0, 0.05) is 35.9 Å². The van der Waals surface area contributed by atoms with Gasteiger partial charge in [0.1, 0.15) is 5.82 Å². The summed E-state index contributed by atoms with van der Waals surface area (Å²) in [4.78, 5) is 28.7. The number of carboxylic acids is 1. The summed E-state index contributed by atoms with van der Waals surface area (Å²) in [6.07, 6.45) is 2.13. The highest BCUT2D eigenvalue weighted by molar-refractivity contribution is 5.98. The molecule has 2 N–H and O–H groups in total. The Morgan fingerprint density at radius 2 is 1.96 bits per heavy atom. The molecule has 2 heterocycles. The van der Waals surface area contributed by atoms with Crippen molar-refractivity contribution in [2.24, 2.45) is 0 Å². The number of halogens is 1. The molecule has 0 unspecified atom stereocenters. The second-order valence-electron chi connectivity index (χ2n) is 6.11. The molecule has 1 aliphatic rings. The standard InChI is InChI=1S/C19H15FN2O3/c20-16-4-3-14(19(24)25)13-6-8-22(10-15(13)16)18(23)12-2-1-11-5-7-21-17(11)9-12/h1-5,7,9,21H,6,8,10H2,(H,24,25). The van der Waals surface area contributed by atoms with Crippen LogP contribution >= 0.6 is 0 Å². The van der Waals surface area contributed by atoms with Gasteiger partial charge in [0.15, 0.2) is 0 Å². The molecule has 2 aromatic carbocycles. The van der Waals surface area contributed by atoms with Gasteiger partial charge in [-0.2, -0.15) is 0 Å². The average molecular weight is 338 g/mol. The Morgan fingerprint density at radius 3 is 2.76 bits per heavy atom. The Labute approximate surface area is 142 Å². The minimum atomic E-state index is -1.08. The number of nitrogens with one attached hydrogen (secondary N) is 1. The van der Waals surface area contributed by atoms with Crippen LogP contribution in [0.3, 0.4) is 0 Å². The van der Waals surface area contributed by atoms with Crippen LogP contribution in [-0.4, -0.2) is 33.4 Å². The largest absolute Gasteiger partial charge is 0.478 e. The molecular weight excluding hydrogens is 323 g/mol. The van der Waals surface area contributed by atoms with E-state index in [2.05, 4.69) is 4.98 Å². The highest BCUT2D eigenvalue weighted by Crippen LogP contribution is 2.27. The maximum Gasteiger partial charge on any atom is 0.335 e. The number of hydrogen-bond donors (Lipinski definition) is 2. The van der Waals surface area contributed by atoms with E-state index in [1.165, 1.54) is 6.07 Å². The number of aromatic nitrogens is 1. The fourth-order valence-corrected chi connectivity index (χ4v) is 3.37. The van der Waals surface area contributed by atoms with Gasteiger partial charge in [-0.1, -0.05) is 6.07 Å². The van der Waals surface area contributed by atoms with E-state index in [9.17, 15) is 19.1 Å². The van der Waals surface area contributed by atoms with Crippen molar-refractivity contribution in [3.8, 4) is 0 Å². The molecule has 0 bridgehead atoms. The van der Waals surface area contributed by atoms with Crippen LogP contribution in [0, 0.1) is 5.82 Å². The van der Waals surface area contributed by atoms with E-state index >= 15 is 0 Å². The van der Waals surface area contributed by atoms with E-state index in [0.29, 0.717) is 29.7 Å². The van der Waals surface area contributed by atoms with Gasteiger partial charge in [0.05, 0.1) is 5.56 Å². The summed E-state index contributed by atoms with van der Waals surface area (Å²) in [5.74, 6) is -1.74. The number of fused-ring (bicyclic) bond motifs is 2. The molecular formula is C19H15FN2O3. The third-order valence-electron chi connectivity index (χ3n) is 4.67. The zero-order chi connectivity index (χ0) is 17.6. The van der Waals surface area contributed by atoms with Gasteiger partial charge in [-0.3, -0.25) is 4.79 Å². The summed E-state index contributed by atoms with van der Waals surface area (Å²) >= 11 is 0. The number of carbonyl (C=O) groups is 2. The minimum Gasteiger partial charge on any atom is -0.478 e. The van der Waals surface area contributed by atoms with Gasteiger partial charge in [0.25, 0.3) is 5.91 Å². The molecule has 0 saturated heterocycles. The topological polar surface area (TPSA) is 73.4 Å². The van der Waals surface area contributed by atoms with E-state index in [1.54, 1.807) is 23.2 Å². The van der Waals surface area contributed by atoms with Crippen molar-refractivity contribution >= 4 is 22.8 Å². The number of amides is 1. The first kappa shape index (κ1) is 15.4. The van der Waals surface area contributed by atoms with Crippen LogP contribution < -0.4 is 0 Å². The molecule has 5 nitrogen and oxygen atoms in total. The van der Waals surface area contributed by atoms with Crippen LogP contribution in [0.15, 0.2) is 42.6 Å². The van der Waals surface area contributed by atoms with E-state index < -0.39 is 11.8 Å². The number of carbonyl (C=O) groups excluding carboxylic acids is 1. The zero-order valence-corrected chi connectivity index (χ0v) is 13.3. The number of benzene rings is 2. The molecule has 1 amide bonds. The summed E-state index contributed by atoms with van der Waals surface area (Å²) < 4.78 is 14.2. The van der Waals surface area contributed by atoms with Crippen LogP contribution in [0.4, 0.5) is 4.39 Å². The maximum atomic E-state index is 14.2.